The van der Waals surface area contributed by atoms with Crippen LogP contribution >= 0.6 is 11.6 Å². The van der Waals surface area contributed by atoms with Crippen LogP contribution in [0.5, 0.6) is 5.75 Å². The summed E-state index contributed by atoms with van der Waals surface area (Å²) in [6.07, 6.45) is 3.63. The van der Waals surface area contributed by atoms with E-state index in [0.717, 1.165) is 18.7 Å². The van der Waals surface area contributed by atoms with Crippen LogP contribution in [0.3, 0.4) is 0 Å². The van der Waals surface area contributed by atoms with E-state index in [-0.39, 0.29) is 5.78 Å². The van der Waals surface area contributed by atoms with Gasteiger partial charge in [0.25, 0.3) is 0 Å². The Balaban J connectivity index is 2.15. The lowest BCUT2D eigenvalue weighted by atomic mass is 10.1. The lowest BCUT2D eigenvalue weighted by Crippen LogP contribution is -2.34. The van der Waals surface area contributed by atoms with Gasteiger partial charge in [0, 0.05) is 5.02 Å². The zero-order valence-corrected chi connectivity index (χ0v) is 12.3. The molecule has 1 aliphatic heterocycles. The van der Waals surface area contributed by atoms with E-state index in [1.54, 1.807) is 13.2 Å². The van der Waals surface area contributed by atoms with Crippen molar-refractivity contribution in [2.24, 2.45) is 0 Å². The molecule has 0 unspecified atom stereocenters. The summed E-state index contributed by atoms with van der Waals surface area (Å²) in [6, 6.07) is 3.55. The smallest absolute Gasteiger partial charge is 0.180 e. The molecule has 0 bridgehead atoms. The molecule has 1 aromatic rings. The minimum atomic E-state index is 0.0839. The number of ketones is 1. The molecule has 4 heteroatoms. The van der Waals surface area contributed by atoms with Gasteiger partial charge in [-0.15, -0.1) is 0 Å². The molecule has 104 valence electrons. The third-order valence-electron chi connectivity index (χ3n) is 3.60. The molecule has 19 heavy (non-hydrogen) atoms. The molecule has 0 saturated carbocycles. The summed E-state index contributed by atoms with van der Waals surface area (Å²) in [5, 5.41) is 0.614. The summed E-state index contributed by atoms with van der Waals surface area (Å²) in [7, 11) is 1.58. The number of hydrogen-bond acceptors (Lipinski definition) is 3. The Morgan fingerprint density at radius 2 is 2.00 bits per heavy atom. The Kier molecular flexibility index (Phi) is 4.83. The standard InChI is InChI=1S/C15H20ClNO2/c1-11-8-15(19-2)12(9-13(11)16)14(18)10-17-6-4-3-5-7-17/h8-9H,3-7,10H2,1-2H3. The first-order chi connectivity index (χ1) is 9.11. The number of carbonyl (C=O) groups excluding carboxylic acids is 1. The number of piperidine rings is 1. The van der Waals surface area contributed by atoms with Gasteiger partial charge in [-0.25, -0.2) is 0 Å². The van der Waals surface area contributed by atoms with Crippen LogP contribution in [0.15, 0.2) is 12.1 Å². The number of nitrogens with zero attached hydrogens (tertiary/aromatic N) is 1. The highest BCUT2D eigenvalue weighted by Gasteiger charge is 2.19. The Morgan fingerprint density at radius 3 is 2.63 bits per heavy atom. The van der Waals surface area contributed by atoms with Gasteiger partial charge >= 0.3 is 0 Å². The van der Waals surface area contributed by atoms with Gasteiger partial charge in [-0.3, -0.25) is 9.69 Å². The molecule has 2 rings (SSSR count). The molecule has 0 aromatic heterocycles. The van der Waals surface area contributed by atoms with Crippen molar-refractivity contribution in [3.05, 3.63) is 28.3 Å². The highest BCUT2D eigenvalue weighted by atomic mass is 35.5. The molecule has 1 aromatic carbocycles. The van der Waals surface area contributed by atoms with Crippen LogP contribution in [-0.2, 0) is 0 Å². The van der Waals surface area contributed by atoms with Gasteiger partial charge in [0.15, 0.2) is 5.78 Å². The van der Waals surface area contributed by atoms with Crippen molar-refractivity contribution < 1.29 is 9.53 Å². The zero-order chi connectivity index (χ0) is 13.8. The first-order valence-corrected chi connectivity index (χ1v) is 7.09. The third-order valence-corrected chi connectivity index (χ3v) is 4.00. The SMILES string of the molecule is COc1cc(C)c(Cl)cc1C(=O)CN1CCCCC1. The maximum absolute atomic E-state index is 12.4. The molecule has 3 nitrogen and oxygen atoms in total. The fourth-order valence-corrected chi connectivity index (χ4v) is 2.61. The summed E-state index contributed by atoms with van der Waals surface area (Å²) in [5.41, 5.74) is 1.51. The number of ether oxygens (including phenoxy) is 1. The number of benzene rings is 1. The van der Waals surface area contributed by atoms with Crippen LogP contribution in [0.2, 0.25) is 5.02 Å². The average molecular weight is 282 g/mol. The van der Waals surface area contributed by atoms with Crippen LogP contribution in [0.4, 0.5) is 0 Å². The van der Waals surface area contributed by atoms with Gasteiger partial charge in [-0.05, 0) is 50.6 Å². The fraction of sp³-hybridized carbons (Fsp3) is 0.533. The Bertz CT molecular complexity index is 467. The second-order valence-corrected chi connectivity index (χ2v) is 5.47. The third kappa shape index (κ3) is 3.48. The van der Waals surface area contributed by atoms with Crippen LogP contribution in [0.25, 0.3) is 0 Å². The highest BCUT2D eigenvalue weighted by Crippen LogP contribution is 2.27. The molecular formula is C15H20ClNO2. The molecule has 1 heterocycles. The number of Topliss-reactive ketones (excluding diaryl/α,β-unsaturated/α-hetero) is 1. The van der Waals surface area contributed by atoms with Crippen molar-refractivity contribution in [2.75, 3.05) is 26.7 Å². The van der Waals surface area contributed by atoms with E-state index in [0.29, 0.717) is 22.9 Å². The molecule has 0 spiro atoms. The van der Waals surface area contributed by atoms with Crippen molar-refractivity contribution in [3.8, 4) is 5.75 Å². The van der Waals surface area contributed by atoms with E-state index in [4.69, 9.17) is 16.3 Å². The summed E-state index contributed by atoms with van der Waals surface area (Å²) < 4.78 is 5.29. The minimum Gasteiger partial charge on any atom is -0.496 e. The maximum Gasteiger partial charge on any atom is 0.180 e. The molecule has 0 radical (unpaired) electrons. The fourth-order valence-electron chi connectivity index (χ4n) is 2.45. The molecule has 1 saturated heterocycles. The second-order valence-electron chi connectivity index (χ2n) is 5.06. The summed E-state index contributed by atoms with van der Waals surface area (Å²) in [5.74, 6) is 0.699. The largest absolute Gasteiger partial charge is 0.496 e. The molecule has 1 aliphatic rings. The average Bonchev–Trinajstić information content (AvgIpc) is 2.42. The van der Waals surface area contributed by atoms with E-state index in [1.807, 2.05) is 13.0 Å². The summed E-state index contributed by atoms with van der Waals surface area (Å²) >= 11 is 6.11. The number of aryl methyl sites for hydroxylation is 1. The van der Waals surface area contributed by atoms with Gasteiger partial charge < -0.3 is 4.74 Å². The second kappa shape index (κ2) is 6.40. The molecule has 0 N–H and O–H groups in total. The Labute approximate surface area is 119 Å². The normalized spacial score (nSPS) is 16.4. The van der Waals surface area contributed by atoms with Gasteiger partial charge in [-0.2, -0.15) is 0 Å². The van der Waals surface area contributed by atoms with Gasteiger partial charge in [-0.1, -0.05) is 18.0 Å². The van der Waals surface area contributed by atoms with E-state index in [1.165, 1.54) is 19.3 Å². The number of rotatable bonds is 4. The quantitative estimate of drug-likeness (QED) is 0.793. The minimum absolute atomic E-state index is 0.0839. The molecule has 0 aliphatic carbocycles. The van der Waals surface area contributed by atoms with Crippen molar-refractivity contribution in [1.82, 2.24) is 4.90 Å². The summed E-state index contributed by atoms with van der Waals surface area (Å²) in [4.78, 5) is 14.6. The van der Waals surface area contributed by atoms with E-state index in [9.17, 15) is 4.79 Å². The van der Waals surface area contributed by atoms with Crippen LogP contribution in [0, 0.1) is 6.92 Å². The first-order valence-electron chi connectivity index (χ1n) is 6.71. The zero-order valence-electron chi connectivity index (χ0n) is 11.5. The van der Waals surface area contributed by atoms with E-state index in [2.05, 4.69) is 4.90 Å². The lowest BCUT2D eigenvalue weighted by Gasteiger charge is -2.25. The predicted octanol–water partition coefficient (Wildman–Crippen LogP) is 3.33. The van der Waals surface area contributed by atoms with Crippen molar-refractivity contribution in [1.29, 1.82) is 0 Å². The number of methoxy groups -OCH3 is 1. The number of halogens is 1. The van der Waals surface area contributed by atoms with Crippen molar-refractivity contribution in [2.45, 2.75) is 26.2 Å². The predicted molar refractivity (Wildman–Crippen MR) is 77.4 cm³/mol. The highest BCUT2D eigenvalue weighted by molar-refractivity contribution is 6.31. The number of hydrogen-bond donors (Lipinski definition) is 0. The molecular weight excluding hydrogens is 262 g/mol. The van der Waals surface area contributed by atoms with Crippen LogP contribution in [0.1, 0.15) is 35.2 Å². The molecule has 0 amide bonds. The van der Waals surface area contributed by atoms with Crippen LogP contribution < -0.4 is 4.74 Å². The van der Waals surface area contributed by atoms with Crippen molar-refractivity contribution in [3.63, 3.8) is 0 Å². The maximum atomic E-state index is 12.4. The van der Waals surface area contributed by atoms with Crippen molar-refractivity contribution >= 4 is 17.4 Å². The number of likely N-dealkylation sites (tertiary alicyclic amines) is 1. The van der Waals surface area contributed by atoms with E-state index >= 15 is 0 Å². The first kappa shape index (κ1) is 14.4. The van der Waals surface area contributed by atoms with Gasteiger partial charge in [0.1, 0.15) is 5.75 Å². The topological polar surface area (TPSA) is 29.5 Å². The van der Waals surface area contributed by atoms with Crippen LogP contribution in [-0.4, -0.2) is 37.4 Å². The Morgan fingerprint density at radius 1 is 1.32 bits per heavy atom. The number of carbonyl (C=O) groups is 1. The van der Waals surface area contributed by atoms with Gasteiger partial charge in [0.05, 0.1) is 19.2 Å². The monoisotopic (exact) mass is 281 g/mol. The summed E-state index contributed by atoms with van der Waals surface area (Å²) in [6.45, 7) is 4.38. The van der Waals surface area contributed by atoms with Gasteiger partial charge in [0.2, 0.25) is 0 Å². The lowest BCUT2D eigenvalue weighted by molar-refractivity contribution is 0.0912. The van der Waals surface area contributed by atoms with E-state index < -0.39 is 0 Å². The molecule has 1 fully saturated rings. The Hall–Kier alpha value is -1.06. The molecule has 0 atom stereocenters.